The quantitative estimate of drug-likeness (QED) is 0.599. The van der Waals surface area contributed by atoms with Crippen LogP contribution in [0.5, 0.6) is 0 Å². The van der Waals surface area contributed by atoms with Crippen molar-refractivity contribution < 1.29 is 28.8 Å². The Labute approximate surface area is 180 Å². The van der Waals surface area contributed by atoms with Crippen LogP contribution >= 0.6 is 11.8 Å². The van der Waals surface area contributed by atoms with Crippen LogP contribution in [-0.4, -0.2) is 16.3 Å². The molecule has 1 aromatic heterocycles. The molecule has 0 fully saturated rings. The molecule has 28 heavy (non-hydrogen) atoms. The van der Waals surface area contributed by atoms with Crippen molar-refractivity contribution in [2.24, 2.45) is 0 Å². The van der Waals surface area contributed by atoms with E-state index < -0.39 is 12.0 Å². The molecule has 3 aromatic rings. The number of carboxylic acid groups (broad SMARTS) is 1. The minimum absolute atomic E-state index is 0. The molecule has 4 rings (SSSR count). The van der Waals surface area contributed by atoms with Gasteiger partial charge in [-0.2, -0.15) is 0 Å². The zero-order valence-corrected chi connectivity index (χ0v) is 17.1. The van der Waals surface area contributed by atoms with Gasteiger partial charge in [-0.1, -0.05) is 56.3 Å². The minimum atomic E-state index is -1.19. The number of aliphatic carboxylic acids is 1. The smallest absolute Gasteiger partial charge is 0.548 e. The monoisotopic (exact) mass is 385 g/mol. The van der Waals surface area contributed by atoms with Crippen molar-refractivity contribution in [3.05, 3.63) is 75.6 Å². The van der Waals surface area contributed by atoms with Crippen LogP contribution in [0, 0.1) is 0 Å². The van der Waals surface area contributed by atoms with Gasteiger partial charge in [0.25, 0.3) is 5.56 Å². The Morgan fingerprint density at radius 1 is 1.18 bits per heavy atom. The van der Waals surface area contributed by atoms with Gasteiger partial charge in [-0.15, -0.1) is 11.8 Å². The van der Waals surface area contributed by atoms with Crippen molar-refractivity contribution in [2.45, 2.75) is 37.3 Å². The molecule has 1 aliphatic rings. The Morgan fingerprint density at radius 3 is 2.61 bits per heavy atom. The first-order valence-corrected chi connectivity index (χ1v) is 10.0. The summed E-state index contributed by atoms with van der Waals surface area (Å²) >= 11 is 1.44. The molecule has 0 bridgehead atoms. The van der Waals surface area contributed by atoms with Gasteiger partial charge in [0.15, 0.2) is 0 Å². The van der Waals surface area contributed by atoms with E-state index in [-0.39, 0.29) is 30.3 Å². The maximum Gasteiger partial charge on any atom is 1.00 e. The Morgan fingerprint density at radius 2 is 1.89 bits per heavy atom. The molecule has 0 spiro atoms. The van der Waals surface area contributed by atoms with Crippen LogP contribution in [-0.2, 0) is 11.2 Å². The van der Waals surface area contributed by atoms with Gasteiger partial charge in [0, 0.05) is 11.8 Å². The van der Waals surface area contributed by atoms with Crippen LogP contribution in [0.25, 0.3) is 10.8 Å². The molecule has 0 radical (unpaired) electrons. The molecule has 138 valence electrons. The van der Waals surface area contributed by atoms with Crippen LogP contribution in [0.4, 0.5) is 0 Å². The number of carboxylic acids is 1. The van der Waals surface area contributed by atoms with Crippen LogP contribution in [0.1, 0.15) is 42.5 Å². The number of benzene rings is 2. The number of carbonyl (C=O) groups is 1. The normalized spacial score (nSPS) is 15.5. The van der Waals surface area contributed by atoms with Crippen molar-refractivity contribution in [2.75, 3.05) is 5.75 Å². The van der Waals surface area contributed by atoms with Crippen molar-refractivity contribution in [3.63, 3.8) is 0 Å². The first-order chi connectivity index (χ1) is 13.0. The third-order valence-electron chi connectivity index (χ3n) is 5.13. The van der Waals surface area contributed by atoms with E-state index in [1.54, 1.807) is 6.07 Å². The van der Waals surface area contributed by atoms with Crippen LogP contribution in [0.2, 0.25) is 0 Å². The van der Waals surface area contributed by atoms with E-state index in [0.29, 0.717) is 12.2 Å². The number of nitrogens with zero attached hydrogens (tertiary/aromatic N) is 1. The molecule has 0 amide bonds. The van der Waals surface area contributed by atoms with E-state index in [1.165, 1.54) is 32.7 Å². The molecule has 6 heteroatoms. The summed E-state index contributed by atoms with van der Waals surface area (Å²) in [4.78, 5) is 24.2. The van der Waals surface area contributed by atoms with Gasteiger partial charge >= 0.3 is 18.9 Å². The zero-order chi connectivity index (χ0) is 19.1. The van der Waals surface area contributed by atoms with Gasteiger partial charge < -0.3 is 9.90 Å². The Hall–Kier alpha value is -1.93. The fraction of sp³-hybridized carbons (Fsp3) is 0.273. The molecule has 1 aliphatic heterocycles. The predicted octanol–water partition coefficient (Wildman–Crippen LogP) is 0.116. The number of pyridine rings is 1. The largest absolute Gasteiger partial charge is 1.00 e. The molecule has 0 N–H and O–H groups in total. The van der Waals surface area contributed by atoms with E-state index in [2.05, 4.69) is 38.1 Å². The number of carbonyl (C=O) groups excluding carboxylic acids is 1. The van der Waals surface area contributed by atoms with E-state index in [1.807, 2.05) is 18.2 Å². The molecule has 0 saturated carbocycles. The summed E-state index contributed by atoms with van der Waals surface area (Å²) in [5.74, 6) is -0.667. The van der Waals surface area contributed by atoms with E-state index >= 15 is 0 Å². The van der Waals surface area contributed by atoms with E-state index in [9.17, 15) is 14.7 Å². The zero-order valence-electron chi connectivity index (χ0n) is 16.3. The maximum absolute atomic E-state index is 12.7. The summed E-state index contributed by atoms with van der Waals surface area (Å²) in [5, 5.41) is 14.6. The second kappa shape index (κ2) is 8.20. The molecule has 0 aliphatic carbocycles. The average molecular weight is 385 g/mol. The first kappa shape index (κ1) is 20.8. The molecule has 0 saturated heterocycles. The summed E-state index contributed by atoms with van der Waals surface area (Å²) < 4.78 is 1.40. The van der Waals surface area contributed by atoms with Crippen molar-refractivity contribution in [3.8, 4) is 0 Å². The standard InChI is InChI=1S/C22H21NO3S.Li/c1-13(2)20-16(10-15-8-5-7-14-6-3-4-9-17(14)15)11-19(24)23-18(22(25)26)12-27-21(20)23;/h3-9,11,13,18H,10,12H2,1-2H3,(H,25,26);/q;+1/p-1/t18-;/m0./s1. The van der Waals surface area contributed by atoms with Crippen molar-refractivity contribution in [1.29, 1.82) is 0 Å². The predicted molar refractivity (Wildman–Crippen MR) is 106 cm³/mol. The molecular formula is C22H20LiNO3S. The summed E-state index contributed by atoms with van der Waals surface area (Å²) in [5.41, 5.74) is 2.95. The van der Waals surface area contributed by atoms with Crippen LogP contribution in [0.15, 0.2) is 58.4 Å². The fourth-order valence-electron chi connectivity index (χ4n) is 3.93. The Kier molecular flexibility index (Phi) is 6.09. The summed E-state index contributed by atoms with van der Waals surface area (Å²) in [6.45, 7) is 4.17. The van der Waals surface area contributed by atoms with E-state index in [0.717, 1.165) is 16.2 Å². The summed E-state index contributed by atoms with van der Waals surface area (Å²) in [7, 11) is 0. The topological polar surface area (TPSA) is 62.1 Å². The number of thioether (sulfide) groups is 1. The number of rotatable bonds is 4. The molecule has 0 unspecified atom stereocenters. The second-order valence-corrected chi connectivity index (χ2v) is 8.22. The maximum atomic E-state index is 12.7. The number of aromatic nitrogens is 1. The molecular weight excluding hydrogens is 365 g/mol. The van der Waals surface area contributed by atoms with Crippen molar-refractivity contribution >= 4 is 28.5 Å². The van der Waals surface area contributed by atoms with Gasteiger partial charge in [0.1, 0.15) is 0 Å². The molecule has 1 atom stereocenters. The summed E-state index contributed by atoms with van der Waals surface area (Å²) in [6, 6.07) is 15.2. The fourth-order valence-corrected chi connectivity index (χ4v) is 5.41. The first-order valence-electron chi connectivity index (χ1n) is 9.06. The third-order valence-corrected chi connectivity index (χ3v) is 6.30. The van der Waals surface area contributed by atoms with Gasteiger partial charge in [0.05, 0.1) is 17.0 Å². The number of hydrogen-bond donors (Lipinski definition) is 0. The number of fused-ring (bicyclic) bond motifs is 2. The second-order valence-electron chi connectivity index (χ2n) is 7.21. The van der Waals surface area contributed by atoms with Gasteiger partial charge in [-0.05, 0) is 39.8 Å². The van der Waals surface area contributed by atoms with Crippen LogP contribution in [0.3, 0.4) is 0 Å². The van der Waals surface area contributed by atoms with Gasteiger partial charge in [-0.3, -0.25) is 9.36 Å². The molecule has 2 heterocycles. The van der Waals surface area contributed by atoms with Crippen LogP contribution < -0.4 is 29.5 Å². The summed E-state index contributed by atoms with van der Waals surface area (Å²) in [6.07, 6.45) is 0.647. The number of hydrogen-bond acceptors (Lipinski definition) is 4. The average Bonchev–Trinajstić information content (AvgIpc) is 3.07. The van der Waals surface area contributed by atoms with Gasteiger partial charge in [-0.25, -0.2) is 0 Å². The van der Waals surface area contributed by atoms with Gasteiger partial charge in [0.2, 0.25) is 0 Å². The SMILES string of the molecule is CC(C)c1c(Cc2cccc3ccccc23)cc(=O)n2c1SC[C@H]2C(=O)[O-].[Li+]. The Bertz CT molecular complexity index is 1100. The third kappa shape index (κ3) is 3.55. The van der Waals surface area contributed by atoms with E-state index in [4.69, 9.17) is 0 Å². The molecule has 2 aromatic carbocycles. The van der Waals surface area contributed by atoms with Crippen molar-refractivity contribution in [1.82, 2.24) is 4.57 Å². The minimum Gasteiger partial charge on any atom is -0.548 e. The Balaban J connectivity index is 0.00000225. The molecule has 4 nitrogen and oxygen atoms in total.